The van der Waals surface area contributed by atoms with Gasteiger partial charge >= 0.3 is 0 Å². The molecule has 0 amide bonds. The van der Waals surface area contributed by atoms with E-state index in [2.05, 4.69) is 101 Å². The second-order valence-corrected chi connectivity index (χ2v) is 10.4. The van der Waals surface area contributed by atoms with Crippen LogP contribution in [0.4, 0.5) is 17.3 Å². The number of anilines is 3. The molecule has 32 heavy (non-hydrogen) atoms. The Balaban J connectivity index is 1.83. The average molecular weight is 424 g/mol. The number of hydrogen-bond acceptors (Lipinski definition) is 2. The fourth-order valence-corrected chi connectivity index (χ4v) is 5.14. The molecule has 0 aliphatic carbocycles. The van der Waals surface area contributed by atoms with Gasteiger partial charge in [0, 0.05) is 10.9 Å². The quantitative estimate of drug-likeness (QED) is 0.305. The molecule has 0 fully saturated rings. The first-order valence-electron chi connectivity index (χ1n) is 11.8. The van der Waals surface area contributed by atoms with Gasteiger partial charge in [-0.2, -0.15) is 0 Å². The summed E-state index contributed by atoms with van der Waals surface area (Å²) in [4.78, 5) is 2.40. The zero-order chi connectivity index (χ0) is 22.6. The molecule has 1 aromatic heterocycles. The molecule has 2 heterocycles. The molecule has 0 saturated heterocycles. The monoisotopic (exact) mass is 423 g/mol. The maximum absolute atomic E-state index is 6.64. The minimum atomic E-state index is 0.115. The highest BCUT2D eigenvalue weighted by Crippen LogP contribution is 2.47. The molecule has 0 unspecified atom stereocenters. The lowest BCUT2D eigenvalue weighted by Gasteiger charge is -2.32. The van der Waals surface area contributed by atoms with E-state index in [0.717, 1.165) is 30.7 Å². The van der Waals surface area contributed by atoms with E-state index >= 15 is 0 Å². The summed E-state index contributed by atoms with van der Waals surface area (Å²) < 4.78 is 6.64. The highest BCUT2D eigenvalue weighted by Gasteiger charge is 2.29. The first-order valence-corrected chi connectivity index (χ1v) is 11.8. The molecule has 4 aromatic rings. The van der Waals surface area contributed by atoms with E-state index in [1.54, 1.807) is 0 Å². The van der Waals surface area contributed by atoms with Gasteiger partial charge in [-0.3, -0.25) is 4.90 Å². The molecule has 0 bridgehead atoms. The topological polar surface area (TPSA) is 16.4 Å². The molecule has 0 saturated carbocycles. The summed E-state index contributed by atoms with van der Waals surface area (Å²) in [6.07, 6.45) is 3.22. The molecule has 0 N–H and O–H groups in total. The second-order valence-electron chi connectivity index (χ2n) is 10.4. The zero-order valence-corrected chi connectivity index (χ0v) is 20.2. The summed E-state index contributed by atoms with van der Waals surface area (Å²) >= 11 is 0. The SMILES string of the molecule is Cc1ccc2oc3c(c2c1)CCCc1ccccc1N3c1c(C)cc(C(C)(C)C)cc1C. The van der Waals surface area contributed by atoms with Crippen molar-refractivity contribution in [2.75, 3.05) is 4.90 Å². The van der Waals surface area contributed by atoms with Crippen LogP contribution in [0.15, 0.2) is 59.0 Å². The summed E-state index contributed by atoms with van der Waals surface area (Å²) in [5.41, 5.74) is 11.5. The van der Waals surface area contributed by atoms with Crippen molar-refractivity contribution >= 4 is 28.2 Å². The van der Waals surface area contributed by atoms with Crippen LogP contribution in [0.1, 0.15) is 60.6 Å². The molecule has 1 aliphatic rings. The number of benzene rings is 3. The van der Waals surface area contributed by atoms with Crippen molar-refractivity contribution < 1.29 is 4.42 Å². The number of hydrogen-bond donors (Lipinski definition) is 0. The van der Waals surface area contributed by atoms with Gasteiger partial charge in [0.05, 0.1) is 11.4 Å². The smallest absolute Gasteiger partial charge is 0.209 e. The number of furan rings is 1. The van der Waals surface area contributed by atoms with Gasteiger partial charge in [-0.1, -0.05) is 62.7 Å². The number of rotatable bonds is 1. The molecule has 0 radical (unpaired) electrons. The van der Waals surface area contributed by atoms with Gasteiger partial charge in [0.2, 0.25) is 5.88 Å². The van der Waals surface area contributed by atoms with Crippen molar-refractivity contribution in [2.45, 2.75) is 66.2 Å². The lowest BCUT2D eigenvalue weighted by molar-refractivity contribution is 0.588. The van der Waals surface area contributed by atoms with Gasteiger partial charge in [0.1, 0.15) is 5.58 Å². The van der Waals surface area contributed by atoms with E-state index in [9.17, 15) is 0 Å². The molecule has 164 valence electrons. The molecular weight excluding hydrogens is 390 g/mol. The van der Waals surface area contributed by atoms with Crippen LogP contribution in [-0.2, 0) is 18.3 Å². The lowest BCUT2D eigenvalue weighted by atomic mass is 9.84. The molecule has 2 nitrogen and oxygen atoms in total. The summed E-state index contributed by atoms with van der Waals surface area (Å²) in [6.45, 7) is 13.5. The minimum absolute atomic E-state index is 0.115. The summed E-state index contributed by atoms with van der Waals surface area (Å²) in [7, 11) is 0. The van der Waals surface area contributed by atoms with Crippen LogP contribution < -0.4 is 4.90 Å². The van der Waals surface area contributed by atoms with E-state index in [1.807, 2.05) is 0 Å². The van der Waals surface area contributed by atoms with Crippen molar-refractivity contribution in [3.63, 3.8) is 0 Å². The Hall–Kier alpha value is -3.00. The number of aryl methyl sites for hydroxylation is 5. The summed E-state index contributed by atoms with van der Waals surface area (Å²) in [5, 5.41) is 1.26. The molecule has 3 aromatic carbocycles. The Labute approximate surface area is 191 Å². The third-order valence-electron chi connectivity index (χ3n) is 6.81. The molecule has 5 rings (SSSR count). The Bertz CT molecular complexity index is 1300. The first-order chi connectivity index (χ1) is 15.2. The predicted molar refractivity (Wildman–Crippen MR) is 136 cm³/mol. The van der Waals surface area contributed by atoms with E-state index in [0.29, 0.717) is 0 Å². The van der Waals surface area contributed by atoms with Crippen LogP contribution in [0, 0.1) is 20.8 Å². The fourth-order valence-electron chi connectivity index (χ4n) is 5.14. The van der Waals surface area contributed by atoms with Gasteiger partial charge in [-0.25, -0.2) is 0 Å². The van der Waals surface area contributed by atoms with Crippen LogP contribution >= 0.6 is 0 Å². The van der Waals surface area contributed by atoms with Crippen molar-refractivity contribution in [3.05, 3.63) is 88.0 Å². The highest BCUT2D eigenvalue weighted by atomic mass is 16.4. The second kappa shape index (κ2) is 7.55. The van der Waals surface area contributed by atoms with E-state index in [1.165, 1.54) is 50.1 Å². The fraction of sp³-hybridized carbons (Fsp3) is 0.333. The van der Waals surface area contributed by atoms with Gasteiger partial charge in [-0.15, -0.1) is 0 Å². The number of nitrogens with zero attached hydrogens (tertiary/aromatic N) is 1. The standard InChI is InChI=1S/C30H33NO/c1-19-14-15-27-25(16-19)24-12-9-11-22-10-7-8-13-26(22)31(29(24)32-27)28-20(2)17-23(18-21(28)3)30(4,5)6/h7-8,10,13-18H,9,11-12H2,1-6H3. The van der Waals surface area contributed by atoms with E-state index in [-0.39, 0.29) is 5.41 Å². The average Bonchev–Trinajstić information content (AvgIpc) is 3.06. The third-order valence-corrected chi connectivity index (χ3v) is 6.81. The van der Waals surface area contributed by atoms with Crippen molar-refractivity contribution in [1.29, 1.82) is 0 Å². The van der Waals surface area contributed by atoms with Crippen LogP contribution in [0.5, 0.6) is 0 Å². The molecule has 0 atom stereocenters. The number of para-hydroxylation sites is 1. The van der Waals surface area contributed by atoms with Crippen LogP contribution in [-0.4, -0.2) is 0 Å². The first kappa shape index (κ1) is 20.9. The van der Waals surface area contributed by atoms with Crippen LogP contribution in [0.3, 0.4) is 0 Å². The van der Waals surface area contributed by atoms with Crippen LogP contribution in [0.25, 0.3) is 11.0 Å². The van der Waals surface area contributed by atoms with Gasteiger partial charge < -0.3 is 4.42 Å². The lowest BCUT2D eigenvalue weighted by Crippen LogP contribution is -2.19. The maximum Gasteiger partial charge on any atom is 0.209 e. The Morgan fingerprint density at radius 2 is 1.56 bits per heavy atom. The van der Waals surface area contributed by atoms with Gasteiger partial charge in [0.15, 0.2) is 0 Å². The van der Waals surface area contributed by atoms with E-state index in [4.69, 9.17) is 4.42 Å². The number of fused-ring (bicyclic) bond motifs is 4. The van der Waals surface area contributed by atoms with Crippen LogP contribution in [0.2, 0.25) is 0 Å². The Morgan fingerprint density at radius 3 is 2.28 bits per heavy atom. The highest BCUT2D eigenvalue weighted by molar-refractivity contribution is 5.92. The Kier molecular flexibility index (Phi) is 4.93. The van der Waals surface area contributed by atoms with Gasteiger partial charge in [-0.05, 0) is 85.9 Å². The molecule has 0 spiro atoms. The minimum Gasteiger partial charge on any atom is -0.439 e. The maximum atomic E-state index is 6.64. The predicted octanol–water partition coefficient (Wildman–Crippen LogP) is 8.61. The summed E-state index contributed by atoms with van der Waals surface area (Å²) in [5.74, 6) is 0.979. The van der Waals surface area contributed by atoms with Crippen molar-refractivity contribution in [3.8, 4) is 0 Å². The van der Waals surface area contributed by atoms with Crippen molar-refractivity contribution in [2.24, 2.45) is 0 Å². The molecular formula is C30H33NO. The zero-order valence-electron chi connectivity index (χ0n) is 20.2. The third kappa shape index (κ3) is 3.43. The van der Waals surface area contributed by atoms with Crippen molar-refractivity contribution in [1.82, 2.24) is 0 Å². The molecule has 2 heteroatoms. The molecule has 1 aliphatic heterocycles. The van der Waals surface area contributed by atoms with E-state index < -0.39 is 0 Å². The Morgan fingerprint density at radius 1 is 0.844 bits per heavy atom. The van der Waals surface area contributed by atoms with Gasteiger partial charge in [0.25, 0.3) is 0 Å². The normalized spacial score (nSPS) is 14.1. The summed E-state index contributed by atoms with van der Waals surface area (Å²) in [6, 6.07) is 20.1. The largest absolute Gasteiger partial charge is 0.439 e.